The second-order valence-electron chi connectivity index (χ2n) is 9.63. The molecule has 11 nitrogen and oxygen atoms in total. The molecule has 3 atom stereocenters. The van der Waals surface area contributed by atoms with Crippen molar-refractivity contribution in [3.8, 4) is 5.75 Å². The molecule has 0 radical (unpaired) electrons. The van der Waals surface area contributed by atoms with Crippen molar-refractivity contribution in [2.24, 2.45) is 0 Å². The van der Waals surface area contributed by atoms with Crippen LogP contribution < -0.4 is 25.8 Å². The summed E-state index contributed by atoms with van der Waals surface area (Å²) in [5.74, 6) is 1.88. The van der Waals surface area contributed by atoms with Crippen molar-refractivity contribution in [2.45, 2.75) is 55.3 Å². The number of carbonyl (C=O) groups excluding carboxylic acids is 2. The van der Waals surface area contributed by atoms with E-state index in [4.69, 9.17) is 9.47 Å². The van der Waals surface area contributed by atoms with Crippen molar-refractivity contribution >= 4 is 46.4 Å². The van der Waals surface area contributed by atoms with Crippen molar-refractivity contribution < 1.29 is 19.1 Å². The van der Waals surface area contributed by atoms with Gasteiger partial charge in [-0.3, -0.25) is 19.5 Å². The molecular formula is C26H28N6O5S. The smallest absolute Gasteiger partial charge is 0.416 e. The van der Waals surface area contributed by atoms with Crippen LogP contribution in [0.3, 0.4) is 0 Å². The number of nitrogens with one attached hydrogen (secondary N) is 2. The number of aryl methyl sites for hydroxylation is 1. The van der Waals surface area contributed by atoms with Crippen molar-refractivity contribution in [1.82, 2.24) is 19.9 Å². The van der Waals surface area contributed by atoms with Crippen LogP contribution in [0.15, 0.2) is 46.2 Å². The zero-order valence-electron chi connectivity index (χ0n) is 20.9. The van der Waals surface area contributed by atoms with Crippen LogP contribution in [0.1, 0.15) is 25.7 Å². The Bertz CT molecular complexity index is 1460. The molecule has 1 saturated carbocycles. The molecule has 12 heteroatoms. The number of pyridine rings is 3. The third-order valence-corrected chi connectivity index (χ3v) is 8.33. The van der Waals surface area contributed by atoms with Crippen LogP contribution in [0.4, 0.5) is 16.4 Å². The molecule has 3 aromatic heterocycles. The first kappa shape index (κ1) is 24.7. The Kier molecular flexibility index (Phi) is 6.66. The molecule has 6 rings (SSSR count). The number of amides is 2. The van der Waals surface area contributed by atoms with Crippen LogP contribution in [0, 0.1) is 0 Å². The van der Waals surface area contributed by atoms with Gasteiger partial charge in [0.15, 0.2) is 0 Å². The van der Waals surface area contributed by atoms with Crippen LogP contribution in [-0.4, -0.2) is 64.1 Å². The van der Waals surface area contributed by atoms with E-state index < -0.39 is 6.09 Å². The van der Waals surface area contributed by atoms with E-state index in [1.54, 1.807) is 34.9 Å². The molecular weight excluding hydrogens is 508 g/mol. The molecule has 1 saturated heterocycles. The van der Waals surface area contributed by atoms with E-state index in [9.17, 15) is 14.4 Å². The summed E-state index contributed by atoms with van der Waals surface area (Å²) < 4.78 is 12.7. The molecule has 198 valence electrons. The maximum Gasteiger partial charge on any atom is 0.416 e. The molecule has 3 aliphatic rings. The number of thioether (sulfide) groups is 1. The third-order valence-electron chi connectivity index (χ3n) is 7.28. The highest BCUT2D eigenvalue weighted by atomic mass is 32.2. The van der Waals surface area contributed by atoms with Gasteiger partial charge in [-0.1, -0.05) is 0 Å². The fourth-order valence-electron chi connectivity index (χ4n) is 5.43. The number of carbonyl (C=O) groups is 2. The standard InChI is InChI=1S/C26H28N6O5S/c1-36-16-12-19-17(28-13-16)4-8-24(34)31(19)10-2-9-27-15-3-5-18-20(11-15)37-26(35)32(18)22-7-6-21-25(29-22)30-23(33)14-38-21/h4,6-8,12-13,15,18,20,27H,2-3,5,9-11,14H2,1H3,(H,29,30,33)/t15-,18-,20-/m0/s1. The molecule has 5 heterocycles. The monoisotopic (exact) mass is 536 g/mol. The topological polar surface area (TPSA) is 128 Å². The van der Waals surface area contributed by atoms with Gasteiger partial charge in [0.25, 0.3) is 5.56 Å². The first-order valence-corrected chi connectivity index (χ1v) is 13.7. The zero-order valence-corrected chi connectivity index (χ0v) is 21.7. The minimum Gasteiger partial charge on any atom is -0.495 e. The number of hydrogen-bond acceptors (Lipinski definition) is 9. The molecule has 0 unspecified atom stereocenters. The molecule has 3 aromatic rings. The molecule has 1 aliphatic carbocycles. The summed E-state index contributed by atoms with van der Waals surface area (Å²) in [6, 6.07) is 8.94. The lowest BCUT2D eigenvalue weighted by atomic mass is 9.88. The largest absolute Gasteiger partial charge is 0.495 e. The summed E-state index contributed by atoms with van der Waals surface area (Å²) in [4.78, 5) is 48.5. The van der Waals surface area contributed by atoms with Crippen molar-refractivity contribution in [1.29, 1.82) is 0 Å². The SMILES string of the molecule is COc1cnc2ccc(=O)n(CCCN[C@H]3CC[C@H]4[C@H](C3)OC(=O)N4c3ccc4c(n3)NC(=O)CS4)c2c1. The maximum atomic E-state index is 12.8. The highest BCUT2D eigenvalue weighted by molar-refractivity contribution is 8.00. The fourth-order valence-corrected chi connectivity index (χ4v) is 6.18. The maximum absolute atomic E-state index is 12.8. The number of anilines is 2. The lowest BCUT2D eigenvalue weighted by molar-refractivity contribution is -0.113. The molecule has 0 aromatic carbocycles. The van der Waals surface area contributed by atoms with Crippen LogP contribution >= 0.6 is 11.8 Å². The molecule has 2 amide bonds. The van der Waals surface area contributed by atoms with Crippen LogP contribution in [0.2, 0.25) is 0 Å². The molecule has 38 heavy (non-hydrogen) atoms. The van der Waals surface area contributed by atoms with Gasteiger partial charge in [-0.25, -0.2) is 9.78 Å². The van der Waals surface area contributed by atoms with Crippen LogP contribution in [-0.2, 0) is 16.1 Å². The van der Waals surface area contributed by atoms with E-state index in [1.165, 1.54) is 11.8 Å². The lowest BCUT2D eigenvalue weighted by Gasteiger charge is -2.33. The summed E-state index contributed by atoms with van der Waals surface area (Å²) in [5.41, 5.74) is 1.43. The molecule has 0 bridgehead atoms. The van der Waals surface area contributed by atoms with Crippen molar-refractivity contribution in [3.05, 3.63) is 46.9 Å². The van der Waals surface area contributed by atoms with Gasteiger partial charge < -0.3 is 24.7 Å². The van der Waals surface area contributed by atoms with Gasteiger partial charge in [-0.05, 0) is 44.0 Å². The Balaban J connectivity index is 1.06. The molecule has 0 spiro atoms. The van der Waals surface area contributed by atoms with E-state index in [-0.39, 0.29) is 29.7 Å². The van der Waals surface area contributed by atoms with Gasteiger partial charge in [-0.15, -0.1) is 11.8 Å². The van der Waals surface area contributed by atoms with Gasteiger partial charge in [0.2, 0.25) is 5.91 Å². The predicted molar refractivity (Wildman–Crippen MR) is 143 cm³/mol. The number of ether oxygens (including phenoxy) is 2. The fraction of sp³-hybridized carbons (Fsp3) is 0.423. The first-order valence-electron chi connectivity index (χ1n) is 12.7. The van der Waals surface area contributed by atoms with Crippen molar-refractivity contribution in [3.63, 3.8) is 0 Å². The summed E-state index contributed by atoms with van der Waals surface area (Å²) in [6.45, 7) is 1.28. The van der Waals surface area contributed by atoms with Gasteiger partial charge >= 0.3 is 6.09 Å². The zero-order chi connectivity index (χ0) is 26.2. The summed E-state index contributed by atoms with van der Waals surface area (Å²) in [6.07, 6.45) is 4.15. The average molecular weight is 537 g/mol. The van der Waals surface area contributed by atoms with Crippen LogP contribution in [0.25, 0.3) is 11.0 Å². The minimum atomic E-state index is -0.401. The molecule has 2 N–H and O–H groups in total. The second-order valence-corrected chi connectivity index (χ2v) is 10.7. The molecule has 2 aliphatic heterocycles. The van der Waals surface area contributed by atoms with E-state index in [1.807, 2.05) is 18.2 Å². The van der Waals surface area contributed by atoms with Gasteiger partial charge in [0.1, 0.15) is 23.5 Å². The van der Waals surface area contributed by atoms with E-state index in [0.29, 0.717) is 36.1 Å². The third kappa shape index (κ3) is 4.69. The Morgan fingerprint density at radius 1 is 1.21 bits per heavy atom. The van der Waals surface area contributed by atoms with E-state index in [2.05, 4.69) is 20.6 Å². The highest BCUT2D eigenvalue weighted by Crippen LogP contribution is 2.37. The lowest BCUT2D eigenvalue weighted by Crippen LogP contribution is -2.46. The summed E-state index contributed by atoms with van der Waals surface area (Å²) in [7, 11) is 1.58. The number of rotatable bonds is 7. The van der Waals surface area contributed by atoms with Gasteiger partial charge in [0, 0.05) is 31.1 Å². The van der Waals surface area contributed by atoms with Crippen molar-refractivity contribution in [2.75, 3.05) is 29.6 Å². The first-order chi connectivity index (χ1) is 18.5. The van der Waals surface area contributed by atoms with Crippen LogP contribution in [0.5, 0.6) is 5.75 Å². The Morgan fingerprint density at radius 2 is 2.11 bits per heavy atom. The Morgan fingerprint density at radius 3 is 2.97 bits per heavy atom. The number of fused-ring (bicyclic) bond motifs is 3. The second kappa shape index (κ2) is 10.3. The quantitative estimate of drug-likeness (QED) is 0.438. The Labute approximate surface area is 222 Å². The van der Waals surface area contributed by atoms with Gasteiger partial charge in [0.05, 0.1) is 41.0 Å². The number of methoxy groups -OCH3 is 1. The van der Waals surface area contributed by atoms with Gasteiger partial charge in [-0.2, -0.15) is 0 Å². The average Bonchev–Trinajstić information content (AvgIpc) is 3.26. The minimum absolute atomic E-state index is 0.0695. The Hall–Kier alpha value is -3.64. The van der Waals surface area contributed by atoms with E-state index >= 15 is 0 Å². The summed E-state index contributed by atoms with van der Waals surface area (Å²) in [5, 5.41) is 6.36. The summed E-state index contributed by atoms with van der Waals surface area (Å²) >= 11 is 1.44. The predicted octanol–water partition coefficient (Wildman–Crippen LogP) is 2.77. The number of hydrogen-bond donors (Lipinski definition) is 2. The number of nitrogens with zero attached hydrogens (tertiary/aromatic N) is 4. The highest BCUT2D eigenvalue weighted by Gasteiger charge is 2.46. The number of aromatic nitrogens is 3. The normalized spacial score (nSPS) is 22.6. The molecule has 2 fully saturated rings. The van der Waals surface area contributed by atoms with E-state index in [0.717, 1.165) is 41.7 Å².